The normalized spacial score (nSPS) is 23.6. The topological polar surface area (TPSA) is 53.3 Å². The number of hydrogen-bond donors (Lipinski definition) is 0. The predicted octanol–water partition coefficient (Wildman–Crippen LogP) is 3.68. The molecule has 4 heteroatoms. The Morgan fingerprint density at radius 1 is 1.45 bits per heavy atom. The molecular formula is C16H28N2O2. The number of carbonyl (C=O) groups is 1. The fourth-order valence-electron chi connectivity index (χ4n) is 2.52. The molecule has 0 saturated carbocycles. The number of amides is 1. The van der Waals surface area contributed by atoms with Crippen molar-refractivity contribution in [3.8, 4) is 6.07 Å². The van der Waals surface area contributed by atoms with E-state index in [2.05, 4.69) is 40.7 Å². The average molecular weight is 280 g/mol. The van der Waals surface area contributed by atoms with E-state index in [0.29, 0.717) is 25.6 Å². The second-order valence-electron chi connectivity index (χ2n) is 7.30. The lowest BCUT2D eigenvalue weighted by Gasteiger charge is -2.37. The molecule has 0 spiro atoms. The van der Waals surface area contributed by atoms with Crippen LogP contribution in [0.3, 0.4) is 0 Å². The molecule has 0 aromatic heterocycles. The van der Waals surface area contributed by atoms with E-state index < -0.39 is 0 Å². The lowest BCUT2D eigenvalue weighted by molar-refractivity contribution is 0.0612. The van der Waals surface area contributed by atoms with Gasteiger partial charge in [-0.2, -0.15) is 5.26 Å². The van der Waals surface area contributed by atoms with Gasteiger partial charge in [-0.1, -0.05) is 34.6 Å². The molecule has 0 radical (unpaired) electrons. The molecule has 0 aromatic carbocycles. The van der Waals surface area contributed by atoms with Crippen molar-refractivity contribution < 1.29 is 9.53 Å². The van der Waals surface area contributed by atoms with Crippen LogP contribution in [-0.2, 0) is 4.74 Å². The molecule has 0 aromatic rings. The Kier molecular flexibility index (Phi) is 5.86. The molecular weight excluding hydrogens is 252 g/mol. The van der Waals surface area contributed by atoms with Crippen LogP contribution in [0.2, 0.25) is 0 Å². The number of carbonyl (C=O) groups excluding carboxylic acids is 1. The van der Waals surface area contributed by atoms with Crippen LogP contribution in [0.5, 0.6) is 0 Å². The first-order chi connectivity index (χ1) is 9.24. The number of ether oxygens (including phenoxy) is 1. The Bertz CT molecular complexity index is 366. The van der Waals surface area contributed by atoms with Crippen LogP contribution >= 0.6 is 0 Å². The smallest absolute Gasteiger partial charge is 0.409 e. The molecule has 114 valence electrons. The molecule has 1 fully saturated rings. The third kappa shape index (κ3) is 5.03. The lowest BCUT2D eigenvalue weighted by Crippen LogP contribution is -2.45. The van der Waals surface area contributed by atoms with Crippen LogP contribution in [0.15, 0.2) is 0 Å². The van der Waals surface area contributed by atoms with Crippen molar-refractivity contribution in [2.45, 2.75) is 47.5 Å². The van der Waals surface area contributed by atoms with Gasteiger partial charge in [0.1, 0.15) is 0 Å². The van der Waals surface area contributed by atoms with Crippen molar-refractivity contribution in [1.29, 1.82) is 5.26 Å². The van der Waals surface area contributed by atoms with E-state index in [1.165, 1.54) is 0 Å². The number of nitrogens with zero attached hydrogens (tertiary/aromatic N) is 2. The minimum atomic E-state index is -0.226. The Morgan fingerprint density at radius 2 is 2.10 bits per heavy atom. The van der Waals surface area contributed by atoms with Gasteiger partial charge in [0.2, 0.25) is 0 Å². The monoisotopic (exact) mass is 280 g/mol. The molecule has 1 aliphatic rings. The van der Waals surface area contributed by atoms with Crippen molar-refractivity contribution in [2.75, 3.05) is 19.7 Å². The van der Waals surface area contributed by atoms with Gasteiger partial charge in [-0.05, 0) is 30.1 Å². The van der Waals surface area contributed by atoms with Crippen molar-refractivity contribution in [3.05, 3.63) is 0 Å². The van der Waals surface area contributed by atoms with Gasteiger partial charge >= 0.3 is 6.09 Å². The number of nitriles is 1. The summed E-state index contributed by atoms with van der Waals surface area (Å²) in [6.07, 6.45) is 1.39. The maximum atomic E-state index is 12.1. The molecule has 4 nitrogen and oxygen atoms in total. The molecule has 20 heavy (non-hydrogen) atoms. The van der Waals surface area contributed by atoms with Gasteiger partial charge < -0.3 is 9.64 Å². The van der Waals surface area contributed by atoms with Crippen LogP contribution in [0.25, 0.3) is 0 Å². The number of likely N-dealkylation sites (tertiary alicyclic amines) is 1. The second-order valence-corrected chi connectivity index (χ2v) is 7.30. The fraction of sp³-hybridized carbons (Fsp3) is 0.875. The van der Waals surface area contributed by atoms with Gasteiger partial charge in [-0.25, -0.2) is 4.79 Å². The molecule has 2 atom stereocenters. The SMILES string of the molecule is CC(C)C1CN(C(=O)OCCC(C)(C)C)CCC1C#N. The summed E-state index contributed by atoms with van der Waals surface area (Å²) in [4.78, 5) is 13.8. The predicted molar refractivity (Wildman–Crippen MR) is 79.0 cm³/mol. The molecule has 1 rings (SSSR count). The zero-order chi connectivity index (χ0) is 15.3. The number of rotatable bonds is 3. The maximum absolute atomic E-state index is 12.1. The van der Waals surface area contributed by atoms with Gasteiger partial charge in [0.25, 0.3) is 0 Å². The summed E-state index contributed by atoms with van der Waals surface area (Å²) in [5, 5.41) is 9.18. The van der Waals surface area contributed by atoms with Crippen molar-refractivity contribution in [1.82, 2.24) is 4.90 Å². The molecule has 1 saturated heterocycles. The fourth-order valence-corrected chi connectivity index (χ4v) is 2.52. The quantitative estimate of drug-likeness (QED) is 0.792. The Balaban J connectivity index is 2.48. The summed E-state index contributed by atoms with van der Waals surface area (Å²) >= 11 is 0. The molecule has 1 heterocycles. The van der Waals surface area contributed by atoms with Crippen LogP contribution in [0.4, 0.5) is 4.79 Å². The third-order valence-electron chi connectivity index (χ3n) is 4.02. The lowest BCUT2D eigenvalue weighted by atomic mass is 9.79. The summed E-state index contributed by atoms with van der Waals surface area (Å²) in [5.41, 5.74) is 0.175. The van der Waals surface area contributed by atoms with Crippen molar-refractivity contribution >= 4 is 6.09 Å². The summed E-state index contributed by atoms with van der Waals surface area (Å²) in [6, 6.07) is 2.38. The zero-order valence-electron chi connectivity index (χ0n) is 13.5. The molecule has 0 bridgehead atoms. The van der Waals surface area contributed by atoms with E-state index in [4.69, 9.17) is 4.74 Å². The standard InChI is InChI=1S/C16H28N2O2/c1-12(2)14-11-18(8-6-13(14)10-17)15(19)20-9-7-16(3,4)5/h12-14H,6-9,11H2,1-5H3. The van der Waals surface area contributed by atoms with Gasteiger partial charge in [0.05, 0.1) is 18.6 Å². The largest absolute Gasteiger partial charge is 0.449 e. The van der Waals surface area contributed by atoms with E-state index in [9.17, 15) is 10.1 Å². The minimum Gasteiger partial charge on any atom is -0.449 e. The highest BCUT2D eigenvalue weighted by molar-refractivity contribution is 5.67. The molecule has 2 unspecified atom stereocenters. The Morgan fingerprint density at radius 3 is 2.60 bits per heavy atom. The molecule has 0 aliphatic carbocycles. The third-order valence-corrected chi connectivity index (χ3v) is 4.02. The summed E-state index contributed by atoms with van der Waals surface area (Å²) in [7, 11) is 0. The van der Waals surface area contributed by atoms with Crippen LogP contribution in [0, 0.1) is 34.5 Å². The summed E-state index contributed by atoms with van der Waals surface area (Å²) in [6.45, 7) is 12.4. The van der Waals surface area contributed by atoms with Crippen molar-refractivity contribution in [2.24, 2.45) is 23.2 Å². The van der Waals surface area contributed by atoms with Gasteiger partial charge in [-0.3, -0.25) is 0 Å². The minimum absolute atomic E-state index is 0.0635. The van der Waals surface area contributed by atoms with Gasteiger partial charge in [0.15, 0.2) is 0 Å². The van der Waals surface area contributed by atoms with E-state index in [-0.39, 0.29) is 23.3 Å². The van der Waals surface area contributed by atoms with Gasteiger partial charge in [-0.15, -0.1) is 0 Å². The molecule has 1 amide bonds. The van der Waals surface area contributed by atoms with Crippen molar-refractivity contribution in [3.63, 3.8) is 0 Å². The van der Waals surface area contributed by atoms with Gasteiger partial charge in [0, 0.05) is 13.1 Å². The first-order valence-electron chi connectivity index (χ1n) is 7.56. The van der Waals surface area contributed by atoms with Crippen LogP contribution < -0.4 is 0 Å². The van der Waals surface area contributed by atoms with Crippen LogP contribution in [-0.4, -0.2) is 30.7 Å². The summed E-state index contributed by atoms with van der Waals surface area (Å²) < 4.78 is 5.36. The van der Waals surface area contributed by atoms with E-state index in [0.717, 1.165) is 12.8 Å². The summed E-state index contributed by atoms with van der Waals surface area (Å²) in [5.74, 6) is 0.724. The van der Waals surface area contributed by atoms with E-state index in [1.807, 2.05) is 0 Å². The number of hydrogen-bond acceptors (Lipinski definition) is 3. The molecule has 0 N–H and O–H groups in total. The highest BCUT2D eigenvalue weighted by Crippen LogP contribution is 2.29. The van der Waals surface area contributed by atoms with E-state index >= 15 is 0 Å². The maximum Gasteiger partial charge on any atom is 0.409 e. The highest BCUT2D eigenvalue weighted by atomic mass is 16.6. The zero-order valence-corrected chi connectivity index (χ0v) is 13.5. The Hall–Kier alpha value is -1.24. The molecule has 1 aliphatic heterocycles. The highest BCUT2D eigenvalue weighted by Gasteiger charge is 2.33. The van der Waals surface area contributed by atoms with E-state index in [1.54, 1.807) is 4.90 Å². The first-order valence-corrected chi connectivity index (χ1v) is 7.56. The Labute approximate surface area is 123 Å². The average Bonchev–Trinajstić information content (AvgIpc) is 2.36. The van der Waals surface area contributed by atoms with Crippen LogP contribution in [0.1, 0.15) is 47.5 Å². The number of piperidine rings is 1. The first kappa shape index (κ1) is 16.8. The second kappa shape index (κ2) is 6.97.